The zero-order valence-electron chi connectivity index (χ0n) is 38.3. The molecule has 7 nitrogen and oxygen atoms in total. The molecule has 1 saturated heterocycles. The van der Waals surface area contributed by atoms with Crippen molar-refractivity contribution in [3.05, 3.63) is 0 Å². The molecule has 0 aromatic heterocycles. The summed E-state index contributed by atoms with van der Waals surface area (Å²) in [4.78, 5) is 44.7. The van der Waals surface area contributed by atoms with Crippen LogP contribution in [0.3, 0.4) is 0 Å². The van der Waals surface area contributed by atoms with Crippen molar-refractivity contribution in [2.24, 2.45) is 0 Å². The molecule has 1 rings (SSSR count). The summed E-state index contributed by atoms with van der Waals surface area (Å²) in [6, 6.07) is -0.842. The fourth-order valence-electron chi connectivity index (χ4n) is 8.25. The van der Waals surface area contributed by atoms with Gasteiger partial charge in [0.15, 0.2) is 0 Å². The Labute approximate surface area is 348 Å². The van der Waals surface area contributed by atoms with E-state index in [1.165, 1.54) is 167 Å². The first-order valence-corrected chi connectivity index (χ1v) is 24.7. The average Bonchev–Trinajstić information content (AvgIpc) is 3.58. The first-order chi connectivity index (χ1) is 27.1. The largest absolute Gasteiger partial charge is 0.444 e. The van der Waals surface area contributed by atoms with Crippen LogP contribution in [-0.2, 0) is 14.3 Å². The summed E-state index contributed by atoms with van der Waals surface area (Å²) in [5.74, 6) is 0.0623. The van der Waals surface area contributed by atoms with Gasteiger partial charge >= 0.3 is 6.09 Å². The number of ether oxygens (including phenoxy) is 1. The van der Waals surface area contributed by atoms with Crippen molar-refractivity contribution in [3.8, 4) is 0 Å². The minimum Gasteiger partial charge on any atom is -0.444 e. The number of amides is 3. The second-order valence-corrected chi connectivity index (χ2v) is 18.5. The lowest BCUT2D eigenvalue weighted by Gasteiger charge is -2.31. The van der Waals surface area contributed by atoms with E-state index in [0.717, 1.165) is 51.6 Å². The van der Waals surface area contributed by atoms with Crippen LogP contribution in [0.1, 0.15) is 260 Å². The molecule has 0 spiro atoms. The van der Waals surface area contributed by atoms with Crippen molar-refractivity contribution in [1.29, 1.82) is 0 Å². The van der Waals surface area contributed by atoms with Crippen LogP contribution in [0.5, 0.6) is 0 Å². The van der Waals surface area contributed by atoms with Gasteiger partial charge in [0.1, 0.15) is 11.6 Å². The third-order valence-corrected chi connectivity index (χ3v) is 11.7. The Bertz CT molecular complexity index is 926. The Morgan fingerprint density at radius 3 is 1.23 bits per heavy atom. The van der Waals surface area contributed by atoms with E-state index in [2.05, 4.69) is 26.1 Å². The van der Waals surface area contributed by atoms with Gasteiger partial charge in [0, 0.05) is 32.1 Å². The molecule has 56 heavy (non-hydrogen) atoms. The number of unbranched alkanes of at least 4 members (excludes halogenated alkanes) is 29. The lowest BCUT2D eigenvalue weighted by molar-refractivity contribution is -0.136. The summed E-state index contributed by atoms with van der Waals surface area (Å²) in [7, 11) is 0. The van der Waals surface area contributed by atoms with Crippen LogP contribution in [0, 0.1) is 0 Å². The standard InChI is InChI=1S/C49H95N3O4/c1-7-10-13-16-19-22-25-26-27-30-33-36-39-46(53)50-44-42-45(52(43-44)48(55)56-49(4,5)6)47(54)51(40-37-34-31-28-23-20-17-14-11-8-2)41-38-35-32-29-24-21-18-15-12-9-3/h44-45H,7-43H2,1-6H3,(H,50,53)/t44-,45-/m0/s1. The second kappa shape index (κ2) is 35.2. The lowest BCUT2D eigenvalue weighted by Crippen LogP contribution is -2.49. The third-order valence-electron chi connectivity index (χ3n) is 11.7. The molecule has 0 saturated carbocycles. The smallest absolute Gasteiger partial charge is 0.411 e. The molecule has 1 aliphatic heterocycles. The van der Waals surface area contributed by atoms with Gasteiger partial charge in [-0.1, -0.05) is 207 Å². The van der Waals surface area contributed by atoms with Crippen molar-refractivity contribution >= 4 is 17.9 Å². The first-order valence-electron chi connectivity index (χ1n) is 24.7. The van der Waals surface area contributed by atoms with Crippen molar-refractivity contribution in [2.75, 3.05) is 19.6 Å². The Hall–Kier alpha value is -1.79. The lowest BCUT2D eigenvalue weighted by atomic mass is 10.0. The highest BCUT2D eigenvalue weighted by Gasteiger charge is 2.43. The van der Waals surface area contributed by atoms with Gasteiger partial charge in [-0.2, -0.15) is 0 Å². The number of rotatable bonds is 37. The number of carbonyl (C=O) groups is 3. The van der Waals surface area contributed by atoms with E-state index in [1.54, 1.807) is 4.90 Å². The van der Waals surface area contributed by atoms with Gasteiger partial charge < -0.3 is 15.0 Å². The maximum Gasteiger partial charge on any atom is 0.411 e. The molecule has 1 fully saturated rings. The SMILES string of the molecule is CCCCCCCCCCCCCCC(=O)N[C@H]1C[C@@H](C(=O)N(CCCCCCCCCCCC)CCCCCCCCCCCC)N(C(=O)OC(C)(C)C)C1. The zero-order chi connectivity index (χ0) is 41.1. The minimum atomic E-state index is -0.660. The summed E-state index contributed by atoms with van der Waals surface area (Å²) in [5, 5.41) is 3.21. The molecule has 1 heterocycles. The van der Waals surface area contributed by atoms with Crippen LogP contribution in [-0.4, -0.2) is 65.0 Å². The summed E-state index contributed by atoms with van der Waals surface area (Å²) in [5.41, 5.74) is -0.660. The molecule has 0 aromatic carbocycles. The van der Waals surface area contributed by atoms with E-state index < -0.39 is 17.7 Å². The van der Waals surface area contributed by atoms with Crippen LogP contribution in [0.2, 0.25) is 0 Å². The first kappa shape index (κ1) is 52.2. The third kappa shape index (κ3) is 28.6. The number of nitrogens with one attached hydrogen (secondary N) is 1. The average molecular weight is 790 g/mol. The Morgan fingerprint density at radius 2 is 0.875 bits per heavy atom. The van der Waals surface area contributed by atoms with Crippen molar-refractivity contribution < 1.29 is 19.1 Å². The maximum atomic E-state index is 14.4. The van der Waals surface area contributed by atoms with Crippen molar-refractivity contribution in [3.63, 3.8) is 0 Å². The molecule has 3 amide bonds. The number of nitrogens with zero attached hydrogens (tertiary/aromatic N) is 2. The molecular formula is C49H95N3O4. The predicted octanol–water partition coefficient (Wildman–Crippen LogP) is 14.2. The van der Waals surface area contributed by atoms with Crippen LogP contribution in [0.15, 0.2) is 0 Å². The molecule has 7 heteroatoms. The number of hydrogen-bond donors (Lipinski definition) is 1. The van der Waals surface area contributed by atoms with E-state index in [9.17, 15) is 14.4 Å². The van der Waals surface area contributed by atoms with Gasteiger partial charge in [-0.3, -0.25) is 14.5 Å². The second-order valence-electron chi connectivity index (χ2n) is 18.5. The predicted molar refractivity (Wildman–Crippen MR) is 239 cm³/mol. The van der Waals surface area contributed by atoms with Gasteiger partial charge in [-0.15, -0.1) is 0 Å². The molecule has 330 valence electrons. The highest BCUT2D eigenvalue weighted by atomic mass is 16.6. The topological polar surface area (TPSA) is 79.0 Å². The molecule has 0 aliphatic carbocycles. The maximum absolute atomic E-state index is 14.4. The molecule has 0 aromatic rings. The molecule has 2 atom stereocenters. The number of carbonyl (C=O) groups excluding carboxylic acids is 3. The molecule has 1 aliphatic rings. The summed E-state index contributed by atoms with van der Waals surface area (Å²) in [6.45, 7) is 14.2. The Morgan fingerprint density at radius 1 is 0.536 bits per heavy atom. The van der Waals surface area contributed by atoms with Gasteiger partial charge in [0.25, 0.3) is 0 Å². The van der Waals surface area contributed by atoms with Crippen LogP contribution in [0.25, 0.3) is 0 Å². The summed E-state index contributed by atoms with van der Waals surface area (Å²) >= 11 is 0. The van der Waals surface area contributed by atoms with Gasteiger partial charge in [0.05, 0.1) is 0 Å². The van der Waals surface area contributed by atoms with Crippen LogP contribution < -0.4 is 5.32 Å². The monoisotopic (exact) mass is 790 g/mol. The number of likely N-dealkylation sites (tertiary alicyclic amines) is 1. The van der Waals surface area contributed by atoms with Crippen LogP contribution >= 0.6 is 0 Å². The van der Waals surface area contributed by atoms with E-state index in [1.807, 2.05) is 25.7 Å². The summed E-state index contributed by atoms with van der Waals surface area (Å²) < 4.78 is 5.82. The highest BCUT2D eigenvalue weighted by molar-refractivity contribution is 5.87. The fraction of sp³-hybridized carbons (Fsp3) is 0.939. The molecule has 1 N–H and O–H groups in total. The highest BCUT2D eigenvalue weighted by Crippen LogP contribution is 2.25. The van der Waals surface area contributed by atoms with Crippen LogP contribution in [0.4, 0.5) is 4.79 Å². The zero-order valence-corrected chi connectivity index (χ0v) is 38.3. The van der Waals surface area contributed by atoms with E-state index >= 15 is 0 Å². The fourth-order valence-corrected chi connectivity index (χ4v) is 8.25. The van der Waals surface area contributed by atoms with E-state index in [-0.39, 0.29) is 17.9 Å². The van der Waals surface area contributed by atoms with Crippen molar-refractivity contribution in [1.82, 2.24) is 15.1 Å². The molecule has 0 bridgehead atoms. The summed E-state index contributed by atoms with van der Waals surface area (Å²) in [6.07, 6.45) is 40.9. The molecule has 0 radical (unpaired) electrons. The van der Waals surface area contributed by atoms with E-state index in [0.29, 0.717) is 19.4 Å². The Kier molecular flexibility index (Phi) is 32.8. The van der Waals surface area contributed by atoms with Crippen molar-refractivity contribution in [2.45, 2.75) is 278 Å². The normalized spacial score (nSPS) is 15.7. The minimum absolute atomic E-state index is 0.0282. The van der Waals surface area contributed by atoms with E-state index in [4.69, 9.17) is 4.74 Å². The molecule has 0 unspecified atom stereocenters. The van der Waals surface area contributed by atoms with Gasteiger partial charge in [-0.25, -0.2) is 4.79 Å². The number of hydrogen-bond acceptors (Lipinski definition) is 4. The molecular weight excluding hydrogens is 695 g/mol. The van der Waals surface area contributed by atoms with Gasteiger partial charge in [0.2, 0.25) is 11.8 Å². The quantitative estimate of drug-likeness (QED) is 0.0636. The Balaban J connectivity index is 2.71. The van der Waals surface area contributed by atoms with Gasteiger partial charge in [-0.05, 0) is 46.5 Å².